The standard InChI is InChI=1S/C13H12N2O3S/c1-13(2)18-11-7(4-3-5-10(11)19-13)8-6-9(12(16)17)15-14-8/h3-6H,1-2H3,(H,14,15)(H,16,17). The fraction of sp³-hybridized carbons (Fsp3) is 0.231. The van der Waals surface area contributed by atoms with Crippen molar-refractivity contribution in [1.82, 2.24) is 10.2 Å². The van der Waals surface area contributed by atoms with E-state index in [1.165, 1.54) is 6.07 Å². The van der Waals surface area contributed by atoms with Gasteiger partial charge in [0, 0.05) is 5.56 Å². The first-order valence-electron chi connectivity index (χ1n) is 5.76. The number of nitrogens with one attached hydrogen (secondary N) is 1. The number of carbonyl (C=O) groups is 1. The summed E-state index contributed by atoms with van der Waals surface area (Å²) in [6.45, 7) is 3.99. The van der Waals surface area contributed by atoms with Crippen molar-refractivity contribution < 1.29 is 14.6 Å². The largest absolute Gasteiger partial charge is 0.477 e. The molecule has 0 spiro atoms. The van der Waals surface area contributed by atoms with Crippen LogP contribution in [0, 0.1) is 0 Å². The topological polar surface area (TPSA) is 75.2 Å². The fourth-order valence-electron chi connectivity index (χ4n) is 2.00. The summed E-state index contributed by atoms with van der Waals surface area (Å²) in [6.07, 6.45) is 0. The van der Waals surface area contributed by atoms with E-state index in [0.29, 0.717) is 5.69 Å². The molecular weight excluding hydrogens is 264 g/mol. The Morgan fingerprint density at radius 2 is 2.26 bits per heavy atom. The van der Waals surface area contributed by atoms with E-state index in [1.54, 1.807) is 11.8 Å². The van der Waals surface area contributed by atoms with Gasteiger partial charge in [0.15, 0.2) is 4.93 Å². The van der Waals surface area contributed by atoms with Crippen LogP contribution in [0.4, 0.5) is 0 Å². The average Bonchev–Trinajstić information content (AvgIpc) is 2.90. The molecule has 0 radical (unpaired) electrons. The van der Waals surface area contributed by atoms with Crippen molar-refractivity contribution in [2.75, 3.05) is 0 Å². The first kappa shape index (κ1) is 12.1. The number of thioether (sulfide) groups is 1. The number of ether oxygens (including phenoxy) is 1. The van der Waals surface area contributed by atoms with Gasteiger partial charge in [-0.3, -0.25) is 5.10 Å². The summed E-state index contributed by atoms with van der Waals surface area (Å²) in [5.74, 6) is -0.261. The number of benzene rings is 1. The van der Waals surface area contributed by atoms with Crippen LogP contribution < -0.4 is 4.74 Å². The number of aromatic amines is 1. The lowest BCUT2D eigenvalue weighted by atomic mass is 10.1. The molecule has 0 bridgehead atoms. The third kappa shape index (κ3) is 2.08. The van der Waals surface area contributed by atoms with Gasteiger partial charge in [-0.1, -0.05) is 17.8 Å². The number of hydrogen-bond acceptors (Lipinski definition) is 4. The minimum Gasteiger partial charge on any atom is -0.477 e. The van der Waals surface area contributed by atoms with E-state index in [9.17, 15) is 4.79 Å². The van der Waals surface area contributed by atoms with Crippen LogP contribution in [0.3, 0.4) is 0 Å². The molecule has 98 valence electrons. The van der Waals surface area contributed by atoms with Gasteiger partial charge in [-0.05, 0) is 32.0 Å². The molecule has 5 nitrogen and oxygen atoms in total. The van der Waals surface area contributed by atoms with Crippen molar-refractivity contribution in [2.24, 2.45) is 0 Å². The zero-order valence-corrected chi connectivity index (χ0v) is 11.2. The van der Waals surface area contributed by atoms with Crippen LogP contribution in [0.2, 0.25) is 0 Å². The van der Waals surface area contributed by atoms with Crippen LogP contribution in [-0.2, 0) is 0 Å². The third-order valence-corrected chi connectivity index (χ3v) is 3.88. The van der Waals surface area contributed by atoms with Gasteiger partial charge in [-0.15, -0.1) is 0 Å². The molecule has 1 aliphatic heterocycles. The Morgan fingerprint density at radius 1 is 1.47 bits per heavy atom. The van der Waals surface area contributed by atoms with Crippen LogP contribution in [0.5, 0.6) is 5.75 Å². The Labute approximate surface area is 114 Å². The smallest absolute Gasteiger partial charge is 0.353 e. The quantitative estimate of drug-likeness (QED) is 0.882. The van der Waals surface area contributed by atoms with E-state index >= 15 is 0 Å². The van der Waals surface area contributed by atoms with Crippen LogP contribution in [-0.4, -0.2) is 26.2 Å². The molecule has 1 aromatic carbocycles. The molecule has 0 aliphatic carbocycles. The molecule has 0 saturated heterocycles. The number of rotatable bonds is 2. The Morgan fingerprint density at radius 3 is 2.95 bits per heavy atom. The predicted octanol–water partition coefficient (Wildman–Crippen LogP) is 3.00. The molecule has 0 saturated carbocycles. The summed E-state index contributed by atoms with van der Waals surface area (Å²) in [5.41, 5.74) is 1.45. The van der Waals surface area contributed by atoms with E-state index in [0.717, 1.165) is 16.2 Å². The van der Waals surface area contributed by atoms with Gasteiger partial charge in [-0.25, -0.2) is 4.79 Å². The molecule has 2 N–H and O–H groups in total. The molecule has 2 aromatic rings. The lowest BCUT2D eigenvalue weighted by molar-refractivity contribution is 0.0690. The van der Waals surface area contributed by atoms with Crippen molar-refractivity contribution in [3.05, 3.63) is 30.0 Å². The van der Waals surface area contributed by atoms with Crippen molar-refractivity contribution in [3.63, 3.8) is 0 Å². The van der Waals surface area contributed by atoms with Crippen molar-refractivity contribution in [3.8, 4) is 17.0 Å². The Bertz CT molecular complexity index is 664. The number of hydrogen-bond donors (Lipinski definition) is 2. The second kappa shape index (κ2) is 4.03. The number of aromatic nitrogens is 2. The third-order valence-electron chi connectivity index (χ3n) is 2.77. The van der Waals surface area contributed by atoms with Crippen molar-refractivity contribution in [2.45, 2.75) is 23.7 Å². The highest BCUT2D eigenvalue weighted by Gasteiger charge is 2.33. The van der Waals surface area contributed by atoms with E-state index < -0.39 is 5.97 Å². The molecule has 1 aliphatic rings. The molecule has 6 heteroatoms. The molecule has 0 unspecified atom stereocenters. The minimum absolute atomic E-state index is 0.0671. The highest BCUT2D eigenvalue weighted by Crippen LogP contribution is 2.50. The number of carboxylic acids is 1. The Hall–Kier alpha value is -1.95. The van der Waals surface area contributed by atoms with Gasteiger partial charge in [-0.2, -0.15) is 5.10 Å². The first-order valence-corrected chi connectivity index (χ1v) is 6.58. The molecule has 1 aromatic heterocycles. The normalized spacial score (nSPS) is 15.9. The summed E-state index contributed by atoms with van der Waals surface area (Å²) in [5, 5.41) is 15.5. The highest BCUT2D eigenvalue weighted by molar-refractivity contribution is 8.00. The molecule has 0 amide bonds. The van der Waals surface area contributed by atoms with Crippen molar-refractivity contribution in [1.29, 1.82) is 0 Å². The van der Waals surface area contributed by atoms with Crippen molar-refractivity contribution >= 4 is 17.7 Å². The number of carboxylic acid groups (broad SMARTS) is 1. The molecule has 3 rings (SSSR count). The number of aromatic carboxylic acids is 1. The maximum atomic E-state index is 10.9. The Balaban J connectivity index is 2.07. The van der Waals surface area contributed by atoms with E-state index in [2.05, 4.69) is 10.2 Å². The zero-order valence-electron chi connectivity index (χ0n) is 10.4. The number of H-pyrrole nitrogens is 1. The summed E-state index contributed by atoms with van der Waals surface area (Å²) in [7, 11) is 0. The number of nitrogens with zero attached hydrogens (tertiary/aromatic N) is 1. The van der Waals surface area contributed by atoms with E-state index in [4.69, 9.17) is 9.84 Å². The van der Waals surface area contributed by atoms with Gasteiger partial charge in [0.2, 0.25) is 0 Å². The summed E-state index contributed by atoms with van der Waals surface area (Å²) in [6, 6.07) is 7.30. The monoisotopic (exact) mass is 276 g/mol. The molecule has 2 heterocycles. The molecule has 19 heavy (non-hydrogen) atoms. The average molecular weight is 276 g/mol. The maximum absolute atomic E-state index is 10.9. The van der Waals surface area contributed by atoms with Gasteiger partial charge >= 0.3 is 5.97 Å². The second-order valence-corrected chi connectivity index (χ2v) is 6.34. The SMILES string of the molecule is CC1(C)Oc2c(cccc2-c2cc(C(=O)O)[nH]n2)S1. The van der Waals surface area contributed by atoms with Crippen LogP contribution >= 0.6 is 11.8 Å². The highest BCUT2D eigenvalue weighted by atomic mass is 32.2. The predicted molar refractivity (Wildman–Crippen MR) is 71.5 cm³/mol. The van der Waals surface area contributed by atoms with Crippen LogP contribution in [0.25, 0.3) is 11.3 Å². The maximum Gasteiger partial charge on any atom is 0.353 e. The lowest BCUT2D eigenvalue weighted by Gasteiger charge is -2.16. The van der Waals surface area contributed by atoms with Crippen LogP contribution in [0.1, 0.15) is 24.3 Å². The number of para-hydroxylation sites is 1. The van der Waals surface area contributed by atoms with E-state index in [1.807, 2.05) is 32.0 Å². The fourth-order valence-corrected chi connectivity index (χ4v) is 3.05. The van der Waals surface area contributed by atoms with Gasteiger partial charge in [0.05, 0.1) is 10.6 Å². The Kier molecular flexibility index (Phi) is 2.56. The van der Waals surface area contributed by atoms with Gasteiger partial charge < -0.3 is 9.84 Å². The van der Waals surface area contributed by atoms with Gasteiger partial charge in [0.25, 0.3) is 0 Å². The first-order chi connectivity index (χ1) is 8.96. The number of fused-ring (bicyclic) bond motifs is 1. The minimum atomic E-state index is -1.03. The summed E-state index contributed by atoms with van der Waals surface area (Å²) < 4.78 is 5.91. The zero-order chi connectivity index (χ0) is 13.6. The summed E-state index contributed by atoms with van der Waals surface area (Å²) in [4.78, 5) is 11.6. The lowest BCUT2D eigenvalue weighted by Crippen LogP contribution is -2.18. The van der Waals surface area contributed by atoms with Gasteiger partial charge in [0.1, 0.15) is 11.4 Å². The molecule has 0 atom stereocenters. The molecule has 0 fully saturated rings. The second-order valence-electron chi connectivity index (χ2n) is 4.71. The molecular formula is C13H12N2O3S. The van der Waals surface area contributed by atoms with E-state index in [-0.39, 0.29) is 10.6 Å². The summed E-state index contributed by atoms with van der Waals surface area (Å²) >= 11 is 1.64. The van der Waals surface area contributed by atoms with Crippen LogP contribution in [0.15, 0.2) is 29.2 Å².